The number of hydrogen-bond donors (Lipinski definition) is 1. The summed E-state index contributed by atoms with van der Waals surface area (Å²) < 4.78 is 2.21. The summed E-state index contributed by atoms with van der Waals surface area (Å²) in [4.78, 5) is 13.3. The van der Waals surface area contributed by atoms with E-state index in [1.54, 1.807) is 0 Å². The number of nitrogens with one attached hydrogen (secondary N) is 1. The highest BCUT2D eigenvalue weighted by Gasteiger charge is 2.26. The van der Waals surface area contributed by atoms with Gasteiger partial charge in [-0.2, -0.15) is 9.97 Å². The first-order valence-electron chi connectivity index (χ1n) is 9.41. The molecule has 6 heteroatoms. The molecule has 2 fully saturated rings. The van der Waals surface area contributed by atoms with Crippen molar-refractivity contribution in [3.8, 4) is 0 Å². The summed E-state index contributed by atoms with van der Waals surface area (Å²) in [6.07, 6.45) is 10.5. The van der Waals surface area contributed by atoms with Gasteiger partial charge in [-0.3, -0.25) is 0 Å². The molecule has 0 unspecified atom stereocenters. The lowest BCUT2D eigenvalue weighted by Crippen LogP contribution is -2.31. The van der Waals surface area contributed by atoms with E-state index < -0.39 is 0 Å². The van der Waals surface area contributed by atoms with E-state index in [-0.39, 0.29) is 5.28 Å². The van der Waals surface area contributed by atoms with Gasteiger partial charge in [-0.15, -0.1) is 0 Å². The normalized spacial score (nSPS) is 20.6. The molecule has 5 nitrogen and oxygen atoms in total. The van der Waals surface area contributed by atoms with Crippen LogP contribution in [0.5, 0.6) is 0 Å². The van der Waals surface area contributed by atoms with Crippen molar-refractivity contribution >= 4 is 28.6 Å². The lowest BCUT2D eigenvalue weighted by atomic mass is 9.80. The smallest absolute Gasteiger partial charge is 0.226 e. The highest BCUT2D eigenvalue weighted by atomic mass is 35.5. The highest BCUT2D eigenvalue weighted by Crippen LogP contribution is 2.33. The molecule has 2 aromatic rings. The summed E-state index contributed by atoms with van der Waals surface area (Å²) in [5.41, 5.74) is 3.06. The lowest BCUT2D eigenvalue weighted by molar-refractivity contribution is 0.285. The largest absolute Gasteiger partial charge is 0.365 e. The first kappa shape index (κ1) is 16.8. The zero-order valence-electron chi connectivity index (χ0n) is 14.8. The van der Waals surface area contributed by atoms with E-state index >= 15 is 0 Å². The molecule has 0 radical (unpaired) electrons. The zero-order valence-corrected chi connectivity index (χ0v) is 15.6. The van der Waals surface area contributed by atoms with Crippen LogP contribution in [0.3, 0.4) is 0 Å². The maximum Gasteiger partial charge on any atom is 0.226 e. The van der Waals surface area contributed by atoms with Gasteiger partial charge in [-0.1, -0.05) is 18.6 Å². The van der Waals surface area contributed by atoms with Gasteiger partial charge in [-0.05, 0) is 68.9 Å². The second kappa shape index (κ2) is 6.94. The minimum atomic E-state index is 0.259. The van der Waals surface area contributed by atoms with Gasteiger partial charge in [0.25, 0.3) is 0 Å². The molecule has 0 spiro atoms. The monoisotopic (exact) mass is 359 g/mol. The van der Waals surface area contributed by atoms with Gasteiger partial charge >= 0.3 is 0 Å². The minimum Gasteiger partial charge on any atom is -0.365 e. The Morgan fingerprint density at radius 1 is 1.28 bits per heavy atom. The molecule has 2 heterocycles. The molecular formula is C19H26ClN5. The number of imidazole rings is 1. The van der Waals surface area contributed by atoms with Crippen molar-refractivity contribution in [2.45, 2.75) is 64.5 Å². The van der Waals surface area contributed by atoms with Gasteiger partial charge < -0.3 is 9.88 Å². The fraction of sp³-hybridized carbons (Fsp3) is 0.632. The van der Waals surface area contributed by atoms with Crippen LogP contribution in [0.15, 0.2) is 18.5 Å². The van der Waals surface area contributed by atoms with Crippen LogP contribution in [0.1, 0.15) is 51.9 Å². The molecule has 2 aliphatic carbocycles. The molecule has 0 saturated heterocycles. The molecule has 1 N–H and O–H groups in total. The summed E-state index contributed by atoms with van der Waals surface area (Å²) in [6.45, 7) is 7.31. The Kier molecular flexibility index (Phi) is 4.67. The van der Waals surface area contributed by atoms with Crippen molar-refractivity contribution in [1.29, 1.82) is 0 Å². The van der Waals surface area contributed by atoms with E-state index in [9.17, 15) is 0 Å². The summed E-state index contributed by atoms with van der Waals surface area (Å²) in [7, 11) is 0. The molecule has 4 rings (SSSR count). The van der Waals surface area contributed by atoms with Crippen LogP contribution < -0.4 is 5.32 Å². The quantitative estimate of drug-likeness (QED) is 0.613. The Balaban J connectivity index is 1.60. The molecule has 2 saturated carbocycles. The van der Waals surface area contributed by atoms with Gasteiger partial charge in [0.1, 0.15) is 5.52 Å². The summed E-state index contributed by atoms with van der Waals surface area (Å²) in [5.74, 6) is 2.21. The fourth-order valence-corrected chi connectivity index (χ4v) is 4.18. The molecule has 0 aromatic carbocycles. The molecular weight excluding hydrogens is 334 g/mol. The van der Waals surface area contributed by atoms with E-state index in [4.69, 9.17) is 11.6 Å². The molecule has 0 bridgehead atoms. The first-order valence-corrected chi connectivity index (χ1v) is 9.79. The van der Waals surface area contributed by atoms with Crippen LogP contribution in [-0.4, -0.2) is 25.6 Å². The van der Waals surface area contributed by atoms with Gasteiger partial charge in [0.15, 0.2) is 11.5 Å². The Morgan fingerprint density at radius 2 is 2.04 bits per heavy atom. The number of halogens is 1. The maximum atomic E-state index is 6.13. The molecule has 1 atom stereocenters. The molecule has 0 amide bonds. The van der Waals surface area contributed by atoms with E-state index in [0.717, 1.165) is 36.6 Å². The van der Waals surface area contributed by atoms with E-state index in [1.165, 1.54) is 37.7 Å². The minimum absolute atomic E-state index is 0.259. The second-order valence-electron chi connectivity index (χ2n) is 7.73. The highest BCUT2D eigenvalue weighted by molar-refractivity contribution is 6.28. The third-order valence-electron chi connectivity index (χ3n) is 5.93. The Morgan fingerprint density at radius 3 is 2.72 bits per heavy atom. The summed E-state index contributed by atoms with van der Waals surface area (Å²) in [6, 6.07) is 0.393. The Bertz CT molecular complexity index is 769. The summed E-state index contributed by atoms with van der Waals surface area (Å²) >= 11 is 6.13. The predicted octanol–water partition coefficient (Wildman–Crippen LogP) is 4.83. The van der Waals surface area contributed by atoms with Crippen molar-refractivity contribution < 1.29 is 0 Å². The van der Waals surface area contributed by atoms with Gasteiger partial charge in [0, 0.05) is 12.6 Å². The van der Waals surface area contributed by atoms with Crippen LogP contribution in [-0.2, 0) is 6.54 Å². The molecule has 25 heavy (non-hydrogen) atoms. The van der Waals surface area contributed by atoms with Crippen molar-refractivity contribution in [2.24, 2.45) is 11.8 Å². The first-order chi connectivity index (χ1) is 12.1. The standard InChI is InChI=1S/C19H26ClN5/c1-12-6-8-14(9-7-12)10-25-11-21-17-16(25)18(24-19(20)23-17)22-13(2)15-4-3-5-15/h11,13-15H,1,3-10H2,2H3,(H,22,23,24)/t13-/m1/s1. The SMILES string of the molecule is C=C1CCC(Cn2cnc3nc(Cl)nc(N[C@H](C)C4CCC4)c32)CC1. The van der Waals surface area contributed by atoms with Crippen LogP contribution in [0.4, 0.5) is 5.82 Å². The maximum absolute atomic E-state index is 6.13. The number of rotatable bonds is 5. The average molecular weight is 360 g/mol. The number of allylic oxidation sites excluding steroid dienone is 1. The fourth-order valence-electron chi connectivity index (χ4n) is 4.01. The number of fused-ring (bicyclic) bond motifs is 1. The van der Waals surface area contributed by atoms with E-state index in [0.29, 0.717) is 17.6 Å². The second-order valence-corrected chi connectivity index (χ2v) is 8.07. The van der Waals surface area contributed by atoms with Gasteiger partial charge in [0.2, 0.25) is 5.28 Å². The molecule has 2 aromatic heterocycles. The van der Waals surface area contributed by atoms with Crippen molar-refractivity contribution in [2.75, 3.05) is 5.32 Å². The van der Waals surface area contributed by atoms with Crippen molar-refractivity contribution in [3.63, 3.8) is 0 Å². The van der Waals surface area contributed by atoms with Crippen LogP contribution in [0.25, 0.3) is 11.2 Å². The van der Waals surface area contributed by atoms with Crippen LogP contribution >= 0.6 is 11.6 Å². The van der Waals surface area contributed by atoms with Crippen molar-refractivity contribution in [1.82, 2.24) is 19.5 Å². The van der Waals surface area contributed by atoms with Crippen molar-refractivity contribution in [3.05, 3.63) is 23.8 Å². The Hall–Kier alpha value is -1.62. The third kappa shape index (κ3) is 3.52. The summed E-state index contributed by atoms with van der Waals surface area (Å²) in [5, 5.41) is 3.85. The van der Waals surface area contributed by atoms with Crippen LogP contribution in [0.2, 0.25) is 5.28 Å². The van der Waals surface area contributed by atoms with Gasteiger partial charge in [0.05, 0.1) is 6.33 Å². The number of anilines is 1. The zero-order chi connectivity index (χ0) is 17.4. The average Bonchev–Trinajstić information content (AvgIpc) is 2.90. The molecule has 134 valence electrons. The molecule has 0 aliphatic heterocycles. The lowest BCUT2D eigenvalue weighted by Gasteiger charge is -2.32. The predicted molar refractivity (Wildman–Crippen MR) is 102 cm³/mol. The Labute approximate surface area is 153 Å². The molecule has 2 aliphatic rings. The number of aromatic nitrogens is 4. The number of hydrogen-bond acceptors (Lipinski definition) is 4. The van der Waals surface area contributed by atoms with E-state index in [1.807, 2.05) is 6.33 Å². The third-order valence-corrected chi connectivity index (χ3v) is 6.10. The van der Waals surface area contributed by atoms with Crippen LogP contribution in [0, 0.1) is 11.8 Å². The van der Waals surface area contributed by atoms with E-state index in [2.05, 4.69) is 38.3 Å². The number of nitrogens with zero attached hydrogens (tertiary/aromatic N) is 4. The van der Waals surface area contributed by atoms with Gasteiger partial charge in [-0.25, -0.2) is 4.98 Å². The topological polar surface area (TPSA) is 55.6 Å².